The molecule has 38 heavy (non-hydrogen) atoms. The third-order valence-electron chi connectivity index (χ3n) is 7.46. The topological polar surface area (TPSA) is 70.2 Å². The highest BCUT2D eigenvalue weighted by Crippen LogP contribution is 2.34. The molecule has 1 saturated carbocycles. The summed E-state index contributed by atoms with van der Waals surface area (Å²) < 4.78 is 43.9. The maximum absolute atomic E-state index is 13.0. The van der Waals surface area contributed by atoms with E-state index in [0.717, 1.165) is 16.7 Å². The van der Waals surface area contributed by atoms with E-state index in [0.29, 0.717) is 63.5 Å². The van der Waals surface area contributed by atoms with E-state index in [1.165, 1.54) is 4.90 Å². The van der Waals surface area contributed by atoms with Gasteiger partial charge in [0.15, 0.2) is 5.78 Å². The summed E-state index contributed by atoms with van der Waals surface area (Å²) in [5.74, 6) is 0.113. The molecule has 0 spiro atoms. The van der Waals surface area contributed by atoms with E-state index in [2.05, 4.69) is 4.90 Å². The van der Waals surface area contributed by atoms with E-state index in [1.54, 1.807) is 17.0 Å². The molecule has 0 bridgehead atoms. The van der Waals surface area contributed by atoms with Crippen molar-refractivity contribution in [2.75, 3.05) is 32.7 Å². The Labute approximate surface area is 219 Å². The first-order valence-electron chi connectivity index (χ1n) is 12.9. The smallest absolute Gasteiger partial charge is 0.401 e. The van der Waals surface area contributed by atoms with Gasteiger partial charge in [0.25, 0.3) is 5.91 Å². The average Bonchev–Trinajstić information content (AvgIpc) is 3.21. The lowest BCUT2D eigenvalue weighted by Gasteiger charge is -2.35. The number of carbonyl (C=O) groups is 3. The molecule has 1 saturated heterocycles. The van der Waals surface area contributed by atoms with E-state index < -0.39 is 18.8 Å². The molecule has 202 valence electrons. The molecule has 0 N–H and O–H groups in total. The number of Topliss-reactive ketones (excluding diaryl/α,β-unsaturated/α-hetero) is 2. The summed E-state index contributed by atoms with van der Waals surface area (Å²) in [4.78, 5) is 42.2. The van der Waals surface area contributed by atoms with Crippen LogP contribution in [-0.2, 0) is 29.3 Å². The van der Waals surface area contributed by atoms with Crippen LogP contribution >= 0.6 is 0 Å². The highest BCUT2D eigenvalue weighted by Gasteiger charge is 2.40. The van der Waals surface area contributed by atoms with Crippen LogP contribution < -0.4 is 4.74 Å². The number of carbonyl (C=O) groups excluding carboxylic acids is 3. The Kier molecular flexibility index (Phi) is 7.54. The van der Waals surface area contributed by atoms with Crippen LogP contribution in [0.5, 0.6) is 5.75 Å². The standard InChI is InChI=1S/C28H30F3N3O4/c29-28(30,31)18-33-12-10-32(11-13-33)15-19-4-6-20(7-5-19)17-38-26-3-1-2-22-23(26)16-34(27(22)37)24-9-8-21(35)14-25(24)36/h1-7,24H,8-18H2. The van der Waals surface area contributed by atoms with Crippen LogP contribution in [0.25, 0.3) is 0 Å². The first kappa shape index (κ1) is 26.4. The molecule has 1 amide bonds. The summed E-state index contributed by atoms with van der Waals surface area (Å²) in [6.07, 6.45) is -3.60. The second-order valence-electron chi connectivity index (χ2n) is 10.2. The fraction of sp³-hybridized carbons (Fsp3) is 0.464. The zero-order valence-corrected chi connectivity index (χ0v) is 21.0. The number of amides is 1. The second kappa shape index (κ2) is 10.9. The Morgan fingerprint density at radius 2 is 1.58 bits per heavy atom. The lowest BCUT2D eigenvalue weighted by Crippen LogP contribution is -2.48. The normalized spacial score (nSPS) is 21.2. The Morgan fingerprint density at radius 3 is 2.26 bits per heavy atom. The predicted molar refractivity (Wildman–Crippen MR) is 133 cm³/mol. The van der Waals surface area contributed by atoms with Crippen molar-refractivity contribution in [3.05, 3.63) is 64.7 Å². The van der Waals surface area contributed by atoms with Gasteiger partial charge in [0.1, 0.15) is 18.1 Å². The maximum Gasteiger partial charge on any atom is 0.401 e. The van der Waals surface area contributed by atoms with E-state index in [-0.39, 0.29) is 30.4 Å². The van der Waals surface area contributed by atoms with Gasteiger partial charge in [-0.2, -0.15) is 13.2 Å². The fourth-order valence-corrected chi connectivity index (χ4v) is 5.42. The van der Waals surface area contributed by atoms with Crippen LogP contribution in [-0.4, -0.2) is 77.1 Å². The van der Waals surface area contributed by atoms with Gasteiger partial charge in [0, 0.05) is 50.3 Å². The number of piperazine rings is 1. The molecule has 1 unspecified atom stereocenters. The Hall–Kier alpha value is -3.24. The van der Waals surface area contributed by atoms with Gasteiger partial charge in [0.05, 0.1) is 25.6 Å². The number of ether oxygens (including phenoxy) is 1. The molecule has 1 atom stereocenters. The van der Waals surface area contributed by atoms with E-state index in [9.17, 15) is 27.6 Å². The predicted octanol–water partition coefficient (Wildman–Crippen LogP) is 3.59. The van der Waals surface area contributed by atoms with Crippen molar-refractivity contribution in [2.45, 2.75) is 51.2 Å². The number of benzene rings is 2. The first-order chi connectivity index (χ1) is 18.2. The minimum atomic E-state index is -4.16. The molecule has 3 aliphatic rings. The van der Waals surface area contributed by atoms with Crippen molar-refractivity contribution in [3.8, 4) is 5.75 Å². The number of rotatable bonds is 7. The summed E-state index contributed by atoms with van der Waals surface area (Å²) in [6, 6.07) is 12.7. The molecular weight excluding hydrogens is 499 g/mol. The summed E-state index contributed by atoms with van der Waals surface area (Å²) in [5.41, 5.74) is 3.31. The van der Waals surface area contributed by atoms with Crippen LogP contribution in [0, 0.1) is 0 Å². The number of hydrogen-bond donors (Lipinski definition) is 0. The van der Waals surface area contributed by atoms with Gasteiger partial charge in [-0.15, -0.1) is 0 Å². The number of nitrogens with zero attached hydrogens (tertiary/aromatic N) is 3. The minimum Gasteiger partial charge on any atom is -0.489 e. The lowest BCUT2D eigenvalue weighted by atomic mass is 9.92. The highest BCUT2D eigenvalue weighted by atomic mass is 19.4. The Balaban J connectivity index is 1.15. The molecule has 2 aliphatic heterocycles. The van der Waals surface area contributed by atoms with E-state index in [4.69, 9.17) is 4.74 Å². The Bertz CT molecular complexity index is 1210. The molecule has 0 aromatic heterocycles. The summed E-state index contributed by atoms with van der Waals surface area (Å²) >= 11 is 0. The first-order valence-corrected chi connectivity index (χ1v) is 12.9. The molecule has 0 radical (unpaired) electrons. The quantitative estimate of drug-likeness (QED) is 0.511. The molecule has 7 nitrogen and oxygen atoms in total. The fourth-order valence-electron chi connectivity index (χ4n) is 5.42. The van der Waals surface area contributed by atoms with Gasteiger partial charge in [-0.05, 0) is 29.7 Å². The van der Waals surface area contributed by atoms with Gasteiger partial charge in [-0.25, -0.2) is 0 Å². The summed E-state index contributed by atoms with van der Waals surface area (Å²) in [6.45, 7) is 2.40. The van der Waals surface area contributed by atoms with Gasteiger partial charge < -0.3 is 9.64 Å². The number of alkyl halides is 3. The van der Waals surface area contributed by atoms with Gasteiger partial charge in [-0.3, -0.25) is 24.2 Å². The molecule has 5 rings (SSSR count). The van der Waals surface area contributed by atoms with Crippen LogP contribution in [0.2, 0.25) is 0 Å². The van der Waals surface area contributed by atoms with Crippen molar-refractivity contribution in [3.63, 3.8) is 0 Å². The molecule has 1 aliphatic carbocycles. The number of ketones is 2. The van der Waals surface area contributed by atoms with Crippen molar-refractivity contribution >= 4 is 17.5 Å². The SMILES string of the molecule is O=C1CCC(N2Cc3c(OCc4ccc(CN5CCN(CC(F)(F)F)CC5)cc4)cccc3C2=O)C(=O)C1. The molecule has 10 heteroatoms. The van der Waals surface area contributed by atoms with Gasteiger partial charge >= 0.3 is 6.18 Å². The zero-order chi connectivity index (χ0) is 26.9. The number of hydrogen-bond acceptors (Lipinski definition) is 6. The summed E-state index contributed by atoms with van der Waals surface area (Å²) in [7, 11) is 0. The van der Waals surface area contributed by atoms with Crippen molar-refractivity contribution in [1.82, 2.24) is 14.7 Å². The monoisotopic (exact) mass is 529 g/mol. The molecule has 2 heterocycles. The molecule has 2 fully saturated rings. The zero-order valence-electron chi connectivity index (χ0n) is 21.0. The van der Waals surface area contributed by atoms with Crippen molar-refractivity contribution in [1.29, 1.82) is 0 Å². The van der Waals surface area contributed by atoms with Crippen LogP contribution in [0.15, 0.2) is 42.5 Å². The van der Waals surface area contributed by atoms with Gasteiger partial charge in [0.2, 0.25) is 0 Å². The van der Waals surface area contributed by atoms with E-state index >= 15 is 0 Å². The van der Waals surface area contributed by atoms with Crippen LogP contribution in [0.1, 0.15) is 46.3 Å². The Morgan fingerprint density at radius 1 is 0.895 bits per heavy atom. The second-order valence-corrected chi connectivity index (χ2v) is 10.2. The average molecular weight is 530 g/mol. The number of fused-ring (bicyclic) bond motifs is 1. The van der Waals surface area contributed by atoms with Gasteiger partial charge in [-0.1, -0.05) is 30.3 Å². The minimum absolute atomic E-state index is 0.0750. The highest BCUT2D eigenvalue weighted by molar-refractivity contribution is 6.07. The molecule has 2 aromatic rings. The maximum atomic E-state index is 13.0. The van der Waals surface area contributed by atoms with E-state index in [1.807, 2.05) is 30.3 Å². The third kappa shape index (κ3) is 6.07. The molecular formula is C28H30F3N3O4. The summed E-state index contributed by atoms with van der Waals surface area (Å²) in [5, 5.41) is 0. The van der Waals surface area contributed by atoms with Crippen molar-refractivity contribution < 1.29 is 32.3 Å². The van der Waals surface area contributed by atoms with Crippen LogP contribution in [0.4, 0.5) is 13.2 Å². The van der Waals surface area contributed by atoms with Crippen molar-refractivity contribution in [2.24, 2.45) is 0 Å². The molecule has 2 aromatic carbocycles. The number of halogens is 3. The van der Waals surface area contributed by atoms with Crippen LogP contribution in [0.3, 0.4) is 0 Å². The largest absolute Gasteiger partial charge is 0.489 e. The third-order valence-corrected chi connectivity index (χ3v) is 7.46. The lowest BCUT2D eigenvalue weighted by molar-refractivity contribution is -0.149.